The molecule has 0 radical (unpaired) electrons. The Kier molecular flexibility index (Phi) is 3.41. The standard InChI is InChI=1S/C20H17NO5/c1-3-26-19(25)20-15-11(2)7-6-9-13(15)17(22)21(20)14-10-5-4-8-12(14)16(20)18(23)24/h4-10,16H,3H2,1-2H3,(H,23,24). The molecule has 132 valence electrons. The predicted octanol–water partition coefficient (Wildman–Crippen LogP) is 2.60. The van der Waals surface area contributed by atoms with Gasteiger partial charge < -0.3 is 9.84 Å². The van der Waals surface area contributed by atoms with Crippen LogP contribution in [0.3, 0.4) is 0 Å². The summed E-state index contributed by atoms with van der Waals surface area (Å²) in [6, 6.07) is 11.9. The van der Waals surface area contributed by atoms with Crippen LogP contribution in [0.2, 0.25) is 0 Å². The van der Waals surface area contributed by atoms with Gasteiger partial charge in [0.25, 0.3) is 5.91 Å². The molecule has 0 spiro atoms. The van der Waals surface area contributed by atoms with Gasteiger partial charge in [-0.15, -0.1) is 0 Å². The molecular weight excluding hydrogens is 334 g/mol. The monoisotopic (exact) mass is 351 g/mol. The van der Waals surface area contributed by atoms with Crippen LogP contribution in [0.15, 0.2) is 42.5 Å². The third kappa shape index (κ3) is 1.73. The quantitative estimate of drug-likeness (QED) is 0.860. The van der Waals surface area contributed by atoms with E-state index in [4.69, 9.17) is 4.74 Å². The number of para-hydroxylation sites is 1. The average molecular weight is 351 g/mol. The third-order valence-electron chi connectivity index (χ3n) is 5.18. The van der Waals surface area contributed by atoms with E-state index in [0.29, 0.717) is 27.9 Å². The minimum Gasteiger partial charge on any atom is -0.481 e. The van der Waals surface area contributed by atoms with Crippen LogP contribution in [-0.2, 0) is 19.9 Å². The first-order valence-electron chi connectivity index (χ1n) is 8.39. The molecule has 2 heterocycles. The van der Waals surface area contributed by atoms with E-state index in [1.807, 2.05) is 0 Å². The molecule has 2 aromatic carbocycles. The fourth-order valence-electron chi connectivity index (χ4n) is 4.34. The smallest absolute Gasteiger partial charge is 0.338 e. The Morgan fingerprint density at radius 3 is 2.62 bits per heavy atom. The number of anilines is 1. The van der Waals surface area contributed by atoms with Gasteiger partial charge in [0.2, 0.25) is 0 Å². The van der Waals surface area contributed by atoms with Crippen LogP contribution < -0.4 is 4.90 Å². The van der Waals surface area contributed by atoms with Crippen molar-refractivity contribution < 1.29 is 24.2 Å². The van der Waals surface area contributed by atoms with Gasteiger partial charge >= 0.3 is 11.9 Å². The van der Waals surface area contributed by atoms with Crippen molar-refractivity contribution in [3.05, 3.63) is 64.7 Å². The number of carboxylic acids is 1. The molecule has 2 unspecified atom stereocenters. The van der Waals surface area contributed by atoms with Gasteiger partial charge in [-0.3, -0.25) is 14.5 Å². The second-order valence-electron chi connectivity index (χ2n) is 6.45. The maximum absolute atomic E-state index is 13.2. The van der Waals surface area contributed by atoms with E-state index in [1.54, 1.807) is 56.3 Å². The average Bonchev–Trinajstić information content (AvgIpc) is 3.05. The summed E-state index contributed by atoms with van der Waals surface area (Å²) in [4.78, 5) is 40.0. The molecule has 1 N–H and O–H groups in total. The summed E-state index contributed by atoms with van der Waals surface area (Å²) in [6.45, 7) is 3.53. The van der Waals surface area contributed by atoms with E-state index in [1.165, 1.54) is 4.90 Å². The van der Waals surface area contributed by atoms with E-state index >= 15 is 0 Å². The maximum Gasteiger partial charge on any atom is 0.338 e. The number of carbonyl (C=O) groups excluding carboxylic acids is 2. The Labute approximate surface area is 150 Å². The summed E-state index contributed by atoms with van der Waals surface area (Å²) in [5.41, 5.74) is 0.615. The Morgan fingerprint density at radius 2 is 1.92 bits per heavy atom. The number of fused-ring (bicyclic) bond motifs is 5. The van der Waals surface area contributed by atoms with Gasteiger partial charge in [-0.1, -0.05) is 30.3 Å². The highest BCUT2D eigenvalue weighted by Crippen LogP contribution is 2.59. The number of nitrogens with zero attached hydrogens (tertiary/aromatic N) is 1. The minimum atomic E-state index is -1.72. The molecule has 0 bridgehead atoms. The maximum atomic E-state index is 13.2. The summed E-state index contributed by atoms with van der Waals surface area (Å²) >= 11 is 0. The lowest BCUT2D eigenvalue weighted by Gasteiger charge is -2.34. The number of benzene rings is 2. The molecule has 2 aromatic rings. The van der Waals surface area contributed by atoms with Crippen LogP contribution in [0.5, 0.6) is 0 Å². The van der Waals surface area contributed by atoms with Crippen molar-refractivity contribution in [1.29, 1.82) is 0 Å². The van der Waals surface area contributed by atoms with Crippen molar-refractivity contribution in [1.82, 2.24) is 0 Å². The molecule has 1 amide bonds. The number of hydrogen-bond donors (Lipinski definition) is 1. The van der Waals surface area contributed by atoms with Crippen LogP contribution >= 0.6 is 0 Å². The first-order chi connectivity index (χ1) is 12.5. The van der Waals surface area contributed by atoms with Crippen molar-refractivity contribution in [3.63, 3.8) is 0 Å². The molecule has 2 atom stereocenters. The number of carbonyl (C=O) groups is 3. The van der Waals surface area contributed by atoms with Gasteiger partial charge in [0.1, 0.15) is 5.92 Å². The summed E-state index contributed by atoms with van der Waals surface area (Å²) in [5.74, 6) is -3.50. The van der Waals surface area contributed by atoms with Gasteiger partial charge in [-0.05, 0) is 37.1 Å². The number of carboxylic acid groups (broad SMARTS) is 1. The number of ether oxygens (including phenoxy) is 1. The van der Waals surface area contributed by atoms with Gasteiger partial charge in [0.05, 0.1) is 6.61 Å². The van der Waals surface area contributed by atoms with Gasteiger partial charge in [-0.25, -0.2) is 4.79 Å². The topological polar surface area (TPSA) is 83.9 Å². The molecule has 4 rings (SSSR count). The van der Waals surface area contributed by atoms with E-state index in [-0.39, 0.29) is 12.5 Å². The minimum absolute atomic E-state index is 0.0898. The highest BCUT2D eigenvalue weighted by molar-refractivity contribution is 6.21. The molecule has 0 saturated carbocycles. The van der Waals surface area contributed by atoms with Crippen LogP contribution in [0.25, 0.3) is 0 Å². The second kappa shape index (κ2) is 5.42. The van der Waals surface area contributed by atoms with Crippen LogP contribution in [0.4, 0.5) is 5.69 Å². The summed E-state index contributed by atoms with van der Waals surface area (Å²) < 4.78 is 5.31. The van der Waals surface area contributed by atoms with Crippen molar-refractivity contribution in [2.24, 2.45) is 0 Å². The molecule has 6 heteroatoms. The van der Waals surface area contributed by atoms with Gasteiger partial charge in [-0.2, -0.15) is 0 Å². The van der Waals surface area contributed by atoms with Crippen LogP contribution in [0, 0.1) is 6.92 Å². The third-order valence-corrected chi connectivity index (χ3v) is 5.18. The normalized spacial score (nSPS) is 22.6. The molecular formula is C20H17NO5. The first-order valence-corrected chi connectivity index (χ1v) is 8.39. The molecule has 26 heavy (non-hydrogen) atoms. The fourth-order valence-corrected chi connectivity index (χ4v) is 4.34. The van der Waals surface area contributed by atoms with Crippen molar-refractivity contribution >= 4 is 23.5 Å². The van der Waals surface area contributed by atoms with E-state index in [9.17, 15) is 19.5 Å². The van der Waals surface area contributed by atoms with Gasteiger partial charge in [0, 0.05) is 16.8 Å². The van der Waals surface area contributed by atoms with E-state index in [0.717, 1.165) is 0 Å². The fraction of sp³-hybridized carbons (Fsp3) is 0.250. The molecule has 2 aliphatic heterocycles. The number of aryl methyl sites for hydroxylation is 1. The highest BCUT2D eigenvalue weighted by atomic mass is 16.5. The van der Waals surface area contributed by atoms with Crippen molar-refractivity contribution in [3.8, 4) is 0 Å². The number of amides is 1. The Hall–Kier alpha value is -3.15. The molecule has 0 fully saturated rings. The number of aliphatic carboxylic acids is 1. The molecule has 0 aliphatic carbocycles. The van der Waals surface area contributed by atoms with Crippen molar-refractivity contribution in [2.75, 3.05) is 11.5 Å². The van der Waals surface area contributed by atoms with Crippen LogP contribution in [-0.4, -0.2) is 29.6 Å². The highest BCUT2D eigenvalue weighted by Gasteiger charge is 2.68. The Morgan fingerprint density at radius 1 is 1.19 bits per heavy atom. The Bertz CT molecular complexity index is 962. The number of esters is 1. The Balaban J connectivity index is 2.14. The van der Waals surface area contributed by atoms with Gasteiger partial charge in [0.15, 0.2) is 5.54 Å². The zero-order valence-corrected chi connectivity index (χ0v) is 14.4. The molecule has 0 saturated heterocycles. The SMILES string of the molecule is CCOC(=O)C12c3c(C)cccc3C(=O)N1c1ccccc1C2C(=O)O. The zero-order chi connectivity index (χ0) is 18.6. The number of rotatable bonds is 3. The summed E-state index contributed by atoms with van der Waals surface area (Å²) in [5, 5.41) is 10.0. The molecule has 2 aliphatic rings. The largest absolute Gasteiger partial charge is 0.481 e. The summed E-state index contributed by atoms with van der Waals surface area (Å²) in [7, 11) is 0. The lowest BCUT2D eigenvalue weighted by Crippen LogP contribution is -2.53. The number of hydrogen-bond acceptors (Lipinski definition) is 4. The molecule has 0 aromatic heterocycles. The zero-order valence-electron chi connectivity index (χ0n) is 14.4. The molecule has 6 nitrogen and oxygen atoms in total. The second-order valence-corrected chi connectivity index (χ2v) is 6.45. The lowest BCUT2D eigenvalue weighted by atomic mass is 9.75. The first kappa shape index (κ1) is 16.3. The van der Waals surface area contributed by atoms with Crippen molar-refractivity contribution in [2.45, 2.75) is 25.3 Å². The van der Waals surface area contributed by atoms with E-state index < -0.39 is 23.4 Å². The lowest BCUT2D eigenvalue weighted by molar-refractivity contribution is -0.155. The van der Waals surface area contributed by atoms with Crippen LogP contribution in [0.1, 0.15) is 39.9 Å². The predicted molar refractivity (Wildman–Crippen MR) is 93.1 cm³/mol. The van der Waals surface area contributed by atoms with E-state index in [2.05, 4.69) is 0 Å². The summed E-state index contributed by atoms with van der Waals surface area (Å²) in [6.07, 6.45) is 0.